The number of anilines is 6. The van der Waals surface area contributed by atoms with E-state index in [0.717, 1.165) is 56.8 Å². The highest BCUT2D eigenvalue weighted by molar-refractivity contribution is 5.97. The molecule has 0 bridgehead atoms. The molecule has 1 spiro atoms. The van der Waals surface area contributed by atoms with Gasteiger partial charge in [-0.2, -0.15) is 0 Å². The van der Waals surface area contributed by atoms with Crippen molar-refractivity contribution in [2.45, 2.75) is 43.9 Å². The van der Waals surface area contributed by atoms with Gasteiger partial charge in [0.15, 0.2) is 0 Å². The Labute approximate surface area is 410 Å². The van der Waals surface area contributed by atoms with Crippen LogP contribution < -0.4 is 14.5 Å². The van der Waals surface area contributed by atoms with E-state index in [0.29, 0.717) is 0 Å². The van der Waals surface area contributed by atoms with E-state index in [9.17, 15) is 0 Å². The lowest BCUT2D eigenvalue weighted by Gasteiger charge is -2.42. The molecule has 10 aromatic carbocycles. The van der Waals surface area contributed by atoms with Gasteiger partial charge in [0.1, 0.15) is 11.5 Å². The quantitative estimate of drug-likeness (QED) is 0.165. The second-order valence-corrected chi connectivity index (χ2v) is 20.4. The first-order valence-corrected chi connectivity index (χ1v) is 24.6. The van der Waals surface area contributed by atoms with Gasteiger partial charge in [-0.1, -0.05) is 179 Å². The van der Waals surface area contributed by atoms with Crippen molar-refractivity contribution >= 4 is 34.1 Å². The minimum atomic E-state index is -0.772. The Morgan fingerprint density at radius 3 is 1.30 bits per heavy atom. The van der Waals surface area contributed by atoms with Crippen molar-refractivity contribution in [3.63, 3.8) is 0 Å². The molecule has 334 valence electrons. The minimum absolute atomic E-state index is 0.154. The van der Waals surface area contributed by atoms with E-state index >= 15 is 0 Å². The maximum Gasteiger partial charge on any atom is 0.132 e. The number of rotatable bonds is 6. The van der Waals surface area contributed by atoms with Crippen molar-refractivity contribution in [3.8, 4) is 44.9 Å². The summed E-state index contributed by atoms with van der Waals surface area (Å²) >= 11 is 0. The van der Waals surface area contributed by atoms with Crippen LogP contribution in [0.2, 0.25) is 0 Å². The summed E-state index contributed by atoms with van der Waals surface area (Å²) in [5.41, 5.74) is 23.3. The number of hydrogen-bond acceptors (Lipinski definition) is 3. The van der Waals surface area contributed by atoms with Gasteiger partial charge in [0.25, 0.3) is 0 Å². The largest absolute Gasteiger partial charge is 0.457 e. The molecular formula is C67H50N2O. The average Bonchev–Trinajstić information content (AvgIpc) is 3.92. The Kier molecular flexibility index (Phi) is 8.59. The monoisotopic (exact) mass is 898 g/mol. The molecule has 1 aliphatic heterocycles. The molecule has 0 amide bonds. The Morgan fingerprint density at radius 2 is 0.700 bits per heavy atom. The smallest absolute Gasteiger partial charge is 0.132 e. The lowest BCUT2D eigenvalue weighted by Crippen LogP contribution is -2.34. The standard InChI is InChI=1S/C67H50N2O/c1-65(2)54-28-14-11-24-48(54)51-37-34-45(40-58(51)65)68(43-20-7-5-8-21-43)46-36-39-63-60(42-46)67(57-31-17-18-33-62(57)70-63)56-30-16-13-26-50(56)53-27-19-32-61(64(53)67)69(44-22-9-6-10-23-44)47-35-38-52-49-25-12-15-29-55(49)66(3,4)59(52)41-47/h5-42H,1-4H3. The Morgan fingerprint density at radius 1 is 0.286 bits per heavy atom. The molecular weight excluding hydrogens is 849 g/mol. The highest BCUT2D eigenvalue weighted by Gasteiger charge is 2.53. The van der Waals surface area contributed by atoms with Gasteiger partial charge < -0.3 is 14.5 Å². The molecule has 0 fully saturated rings. The fraction of sp³-hybridized carbons (Fsp3) is 0.104. The van der Waals surface area contributed by atoms with E-state index in [1.54, 1.807) is 0 Å². The van der Waals surface area contributed by atoms with E-state index in [1.165, 1.54) is 66.8 Å². The van der Waals surface area contributed by atoms with Crippen molar-refractivity contribution in [2.24, 2.45) is 0 Å². The van der Waals surface area contributed by atoms with Crippen LogP contribution in [0.15, 0.2) is 231 Å². The van der Waals surface area contributed by atoms with Crippen LogP contribution >= 0.6 is 0 Å². The van der Waals surface area contributed by atoms with E-state index in [1.807, 2.05) is 0 Å². The van der Waals surface area contributed by atoms with Gasteiger partial charge in [-0.15, -0.1) is 0 Å². The second-order valence-electron chi connectivity index (χ2n) is 20.4. The van der Waals surface area contributed by atoms with Crippen molar-refractivity contribution in [3.05, 3.63) is 275 Å². The zero-order valence-corrected chi connectivity index (χ0v) is 39.7. The number of hydrogen-bond donors (Lipinski definition) is 0. The van der Waals surface area contributed by atoms with Crippen molar-refractivity contribution < 1.29 is 4.74 Å². The highest BCUT2D eigenvalue weighted by Crippen LogP contribution is 2.66. The predicted molar refractivity (Wildman–Crippen MR) is 288 cm³/mol. The first-order valence-electron chi connectivity index (χ1n) is 24.6. The number of fused-ring (bicyclic) bond motifs is 15. The molecule has 3 heteroatoms. The third-order valence-electron chi connectivity index (χ3n) is 16.1. The van der Waals surface area contributed by atoms with Gasteiger partial charge in [-0.3, -0.25) is 0 Å². The molecule has 1 heterocycles. The maximum atomic E-state index is 7.11. The summed E-state index contributed by atoms with van der Waals surface area (Å²) < 4.78 is 7.11. The topological polar surface area (TPSA) is 15.7 Å². The summed E-state index contributed by atoms with van der Waals surface area (Å²) in [6, 6.07) is 85.4. The zero-order valence-electron chi connectivity index (χ0n) is 39.7. The average molecular weight is 899 g/mol. The Bertz CT molecular complexity index is 3770. The van der Waals surface area contributed by atoms with E-state index < -0.39 is 5.41 Å². The molecule has 70 heavy (non-hydrogen) atoms. The van der Waals surface area contributed by atoms with Crippen LogP contribution in [0, 0.1) is 0 Å². The Hall–Kier alpha value is -8.40. The second kappa shape index (κ2) is 14.8. The third-order valence-corrected chi connectivity index (χ3v) is 16.1. The molecule has 0 radical (unpaired) electrons. The molecule has 1 atom stereocenters. The number of benzene rings is 10. The molecule has 10 aromatic rings. The van der Waals surface area contributed by atoms with Gasteiger partial charge in [-0.25, -0.2) is 0 Å². The van der Waals surface area contributed by atoms with Gasteiger partial charge in [0, 0.05) is 56.0 Å². The van der Waals surface area contributed by atoms with E-state index in [-0.39, 0.29) is 10.8 Å². The summed E-state index contributed by atoms with van der Waals surface area (Å²) in [5.74, 6) is 1.71. The summed E-state index contributed by atoms with van der Waals surface area (Å²) in [7, 11) is 0. The first kappa shape index (κ1) is 40.6. The number of nitrogens with zero attached hydrogens (tertiary/aromatic N) is 2. The maximum absolute atomic E-state index is 7.11. The van der Waals surface area contributed by atoms with E-state index in [4.69, 9.17) is 4.74 Å². The lowest BCUT2D eigenvalue weighted by molar-refractivity contribution is 0.436. The molecule has 4 aliphatic rings. The normalized spacial score (nSPS) is 16.4. The number of ether oxygens (including phenoxy) is 1. The van der Waals surface area contributed by atoms with Crippen LogP contribution in [0.5, 0.6) is 11.5 Å². The van der Waals surface area contributed by atoms with Crippen LogP contribution in [0.1, 0.15) is 72.2 Å². The van der Waals surface area contributed by atoms with Crippen LogP contribution in [-0.4, -0.2) is 0 Å². The van der Waals surface area contributed by atoms with Gasteiger partial charge in [0.05, 0.1) is 11.1 Å². The van der Waals surface area contributed by atoms with Gasteiger partial charge in [-0.05, 0) is 140 Å². The van der Waals surface area contributed by atoms with Gasteiger partial charge >= 0.3 is 0 Å². The van der Waals surface area contributed by atoms with E-state index in [2.05, 4.69) is 268 Å². The summed E-state index contributed by atoms with van der Waals surface area (Å²) in [5, 5.41) is 0. The summed E-state index contributed by atoms with van der Waals surface area (Å²) in [6.07, 6.45) is 0. The van der Waals surface area contributed by atoms with Crippen LogP contribution in [0.25, 0.3) is 33.4 Å². The van der Waals surface area contributed by atoms with Crippen LogP contribution in [0.3, 0.4) is 0 Å². The van der Waals surface area contributed by atoms with Crippen molar-refractivity contribution in [1.29, 1.82) is 0 Å². The van der Waals surface area contributed by atoms with Gasteiger partial charge in [0.2, 0.25) is 0 Å². The molecule has 3 aliphatic carbocycles. The SMILES string of the molecule is CC1(C)c2ccccc2-c2ccc(N(c3ccccc3)c3ccc4c(c3)C3(c5ccccc5O4)c4ccccc4-c4cccc(N(c5ccccc5)c5ccc6c(c5)C(C)(C)c5ccccc5-6)c43)cc21. The zero-order chi connectivity index (χ0) is 46.9. The lowest BCUT2D eigenvalue weighted by atomic mass is 9.65. The van der Waals surface area contributed by atoms with Crippen LogP contribution in [-0.2, 0) is 16.2 Å². The third kappa shape index (κ3) is 5.52. The molecule has 0 aromatic heterocycles. The molecule has 0 saturated heterocycles. The first-order chi connectivity index (χ1) is 34.2. The van der Waals surface area contributed by atoms with Crippen LogP contribution in [0.4, 0.5) is 34.1 Å². The molecule has 1 unspecified atom stereocenters. The fourth-order valence-corrected chi connectivity index (χ4v) is 12.9. The summed E-state index contributed by atoms with van der Waals surface area (Å²) in [4.78, 5) is 4.94. The number of para-hydroxylation sites is 3. The molecule has 3 nitrogen and oxygen atoms in total. The molecule has 0 saturated carbocycles. The Balaban J connectivity index is 1.03. The van der Waals surface area contributed by atoms with Crippen molar-refractivity contribution in [1.82, 2.24) is 0 Å². The van der Waals surface area contributed by atoms with Crippen molar-refractivity contribution in [2.75, 3.05) is 9.80 Å². The summed E-state index contributed by atoms with van der Waals surface area (Å²) in [6.45, 7) is 9.46. The molecule has 14 rings (SSSR count). The fourth-order valence-electron chi connectivity index (χ4n) is 12.9. The molecule has 0 N–H and O–H groups in total. The highest BCUT2D eigenvalue weighted by atomic mass is 16.5. The predicted octanol–water partition coefficient (Wildman–Crippen LogP) is 17.7. The minimum Gasteiger partial charge on any atom is -0.457 e.